The van der Waals surface area contributed by atoms with E-state index in [0.29, 0.717) is 17.6 Å². The van der Waals surface area contributed by atoms with Gasteiger partial charge in [0.25, 0.3) is 0 Å². The van der Waals surface area contributed by atoms with Gasteiger partial charge in [0, 0.05) is 5.56 Å². The summed E-state index contributed by atoms with van der Waals surface area (Å²) in [6.07, 6.45) is 3.89. The van der Waals surface area contributed by atoms with Crippen LogP contribution in [-0.4, -0.2) is 15.0 Å². The highest BCUT2D eigenvalue weighted by molar-refractivity contribution is 6.30. The first kappa shape index (κ1) is 11.9. The Balaban J connectivity index is 2.11. The Hall–Kier alpha value is -1.62. The first-order chi connectivity index (χ1) is 8.20. The number of aryl methyl sites for hydroxylation is 1. The Morgan fingerprint density at radius 2 is 2.18 bits per heavy atom. The van der Waals surface area contributed by atoms with E-state index < -0.39 is 0 Å². The van der Waals surface area contributed by atoms with Gasteiger partial charge in [-0.15, -0.1) is 0 Å². The summed E-state index contributed by atoms with van der Waals surface area (Å²) in [5.74, 6) is 2.14. The van der Waals surface area contributed by atoms with Gasteiger partial charge in [0.1, 0.15) is 23.1 Å². The summed E-state index contributed by atoms with van der Waals surface area (Å²) in [5.41, 5.74) is 0.900. The Bertz CT molecular complexity index is 512. The van der Waals surface area contributed by atoms with E-state index >= 15 is 0 Å². The first-order valence-corrected chi connectivity index (χ1v) is 5.73. The van der Waals surface area contributed by atoms with Crippen LogP contribution < -0.4 is 5.32 Å². The van der Waals surface area contributed by atoms with E-state index in [-0.39, 0.29) is 0 Å². The number of nitrogens with zero attached hydrogens (tertiary/aromatic N) is 3. The molecule has 0 aliphatic rings. The van der Waals surface area contributed by atoms with Gasteiger partial charge in [0.2, 0.25) is 5.89 Å². The molecule has 0 aliphatic heterocycles. The molecule has 1 N–H and O–H groups in total. The van der Waals surface area contributed by atoms with Crippen LogP contribution in [0.5, 0.6) is 0 Å². The van der Waals surface area contributed by atoms with Gasteiger partial charge in [0.15, 0.2) is 0 Å². The number of halogens is 1. The second-order valence-corrected chi connectivity index (χ2v) is 3.92. The predicted octanol–water partition coefficient (Wildman–Crippen LogP) is 2.60. The highest BCUT2D eigenvalue weighted by Crippen LogP contribution is 2.20. The van der Waals surface area contributed by atoms with Crippen LogP contribution in [0, 0.1) is 6.92 Å². The van der Waals surface area contributed by atoms with Crippen LogP contribution in [0.15, 0.2) is 16.9 Å². The van der Waals surface area contributed by atoms with Crippen molar-refractivity contribution in [3.05, 3.63) is 34.9 Å². The monoisotopic (exact) mass is 252 g/mol. The summed E-state index contributed by atoms with van der Waals surface area (Å²) in [7, 11) is 0. The van der Waals surface area contributed by atoms with Crippen molar-refractivity contribution in [2.24, 2.45) is 0 Å². The third kappa shape index (κ3) is 2.74. The third-order valence-corrected chi connectivity index (χ3v) is 2.65. The maximum Gasteiger partial charge on any atom is 0.213 e. The van der Waals surface area contributed by atoms with Crippen molar-refractivity contribution in [1.82, 2.24) is 15.0 Å². The lowest BCUT2D eigenvalue weighted by molar-refractivity contribution is 0.478. The Labute approximate surface area is 104 Å². The summed E-state index contributed by atoms with van der Waals surface area (Å²) in [6.45, 7) is 4.34. The third-order valence-electron chi connectivity index (χ3n) is 2.32. The van der Waals surface area contributed by atoms with Gasteiger partial charge in [-0.2, -0.15) is 0 Å². The highest BCUT2D eigenvalue weighted by Gasteiger charge is 2.08. The molecule has 0 amide bonds. The van der Waals surface area contributed by atoms with Crippen LogP contribution in [0.3, 0.4) is 0 Å². The van der Waals surface area contributed by atoms with Gasteiger partial charge in [0.05, 0.1) is 12.7 Å². The van der Waals surface area contributed by atoms with Gasteiger partial charge >= 0.3 is 0 Å². The van der Waals surface area contributed by atoms with Crippen molar-refractivity contribution < 1.29 is 4.42 Å². The summed E-state index contributed by atoms with van der Waals surface area (Å²) in [4.78, 5) is 12.2. The van der Waals surface area contributed by atoms with E-state index in [1.165, 1.54) is 6.33 Å². The molecule has 2 aromatic heterocycles. The Kier molecular flexibility index (Phi) is 3.58. The van der Waals surface area contributed by atoms with Crippen LogP contribution in [0.1, 0.15) is 24.1 Å². The van der Waals surface area contributed by atoms with Crippen LogP contribution in [0.4, 0.5) is 5.82 Å². The molecule has 2 heterocycles. The minimum atomic E-state index is 0.480. The molecule has 0 unspecified atom stereocenters. The lowest BCUT2D eigenvalue weighted by atomic mass is 10.2. The van der Waals surface area contributed by atoms with E-state index in [1.807, 2.05) is 13.8 Å². The zero-order valence-corrected chi connectivity index (χ0v) is 10.5. The Morgan fingerprint density at radius 3 is 2.82 bits per heavy atom. The topological polar surface area (TPSA) is 63.8 Å². The fourth-order valence-electron chi connectivity index (χ4n) is 1.50. The number of hydrogen-bond donors (Lipinski definition) is 1. The summed E-state index contributed by atoms with van der Waals surface area (Å²) < 4.78 is 5.36. The fourth-order valence-corrected chi connectivity index (χ4v) is 1.77. The minimum absolute atomic E-state index is 0.480. The number of rotatable bonds is 4. The summed E-state index contributed by atoms with van der Waals surface area (Å²) in [5, 5.41) is 3.62. The SMILES string of the molecule is CCc1c(Cl)ncnc1NCc1ncc(C)o1. The number of nitrogens with one attached hydrogen (secondary N) is 1. The minimum Gasteiger partial charge on any atom is -0.444 e. The van der Waals surface area contributed by atoms with Crippen LogP contribution in [0.2, 0.25) is 5.15 Å². The molecule has 17 heavy (non-hydrogen) atoms. The summed E-state index contributed by atoms with van der Waals surface area (Å²) >= 11 is 5.99. The molecule has 0 aliphatic carbocycles. The van der Waals surface area contributed by atoms with E-state index in [0.717, 1.165) is 23.6 Å². The molecule has 2 rings (SSSR count). The molecule has 0 bridgehead atoms. The molecule has 2 aromatic rings. The number of anilines is 1. The van der Waals surface area contributed by atoms with Crippen molar-refractivity contribution in [3.8, 4) is 0 Å². The molecule has 0 saturated heterocycles. The standard InChI is InChI=1S/C11H13ClN4O/c1-3-8-10(12)15-6-16-11(8)14-5-9-13-4-7(2)17-9/h4,6H,3,5H2,1-2H3,(H,14,15,16). The van der Waals surface area contributed by atoms with E-state index in [2.05, 4.69) is 20.3 Å². The van der Waals surface area contributed by atoms with E-state index in [1.54, 1.807) is 6.20 Å². The van der Waals surface area contributed by atoms with Crippen molar-refractivity contribution >= 4 is 17.4 Å². The molecule has 0 spiro atoms. The second-order valence-electron chi connectivity index (χ2n) is 3.56. The van der Waals surface area contributed by atoms with Gasteiger partial charge in [-0.3, -0.25) is 0 Å². The quantitative estimate of drug-likeness (QED) is 0.848. The number of hydrogen-bond acceptors (Lipinski definition) is 5. The lowest BCUT2D eigenvalue weighted by Crippen LogP contribution is -2.05. The predicted molar refractivity (Wildman–Crippen MR) is 65.0 cm³/mol. The smallest absolute Gasteiger partial charge is 0.213 e. The lowest BCUT2D eigenvalue weighted by Gasteiger charge is -2.08. The Morgan fingerprint density at radius 1 is 1.35 bits per heavy atom. The highest BCUT2D eigenvalue weighted by atomic mass is 35.5. The molecule has 5 nitrogen and oxygen atoms in total. The van der Waals surface area contributed by atoms with Gasteiger partial charge < -0.3 is 9.73 Å². The van der Waals surface area contributed by atoms with Gasteiger partial charge in [-0.05, 0) is 13.3 Å². The van der Waals surface area contributed by atoms with E-state index in [4.69, 9.17) is 16.0 Å². The number of aromatic nitrogens is 3. The summed E-state index contributed by atoms with van der Waals surface area (Å²) in [6, 6.07) is 0. The van der Waals surface area contributed by atoms with E-state index in [9.17, 15) is 0 Å². The van der Waals surface area contributed by atoms with Crippen LogP contribution >= 0.6 is 11.6 Å². The molecule has 0 fully saturated rings. The van der Waals surface area contributed by atoms with Crippen molar-refractivity contribution in [2.45, 2.75) is 26.8 Å². The molecule has 6 heteroatoms. The largest absolute Gasteiger partial charge is 0.444 e. The van der Waals surface area contributed by atoms with Crippen molar-refractivity contribution in [3.63, 3.8) is 0 Å². The van der Waals surface area contributed by atoms with Gasteiger partial charge in [-0.25, -0.2) is 15.0 Å². The average molecular weight is 253 g/mol. The first-order valence-electron chi connectivity index (χ1n) is 5.35. The molecule has 0 saturated carbocycles. The van der Waals surface area contributed by atoms with Crippen LogP contribution in [0.25, 0.3) is 0 Å². The zero-order chi connectivity index (χ0) is 12.3. The molecular weight excluding hydrogens is 240 g/mol. The fraction of sp³-hybridized carbons (Fsp3) is 0.364. The normalized spacial score (nSPS) is 10.5. The van der Waals surface area contributed by atoms with Crippen molar-refractivity contribution in [1.29, 1.82) is 0 Å². The molecule has 0 radical (unpaired) electrons. The molecule has 0 atom stereocenters. The van der Waals surface area contributed by atoms with Gasteiger partial charge in [-0.1, -0.05) is 18.5 Å². The zero-order valence-electron chi connectivity index (χ0n) is 9.70. The maximum atomic E-state index is 5.99. The molecule has 0 aromatic carbocycles. The maximum absolute atomic E-state index is 5.99. The molecule has 90 valence electrons. The van der Waals surface area contributed by atoms with Crippen LogP contribution in [-0.2, 0) is 13.0 Å². The second kappa shape index (κ2) is 5.14. The number of oxazole rings is 1. The van der Waals surface area contributed by atoms with Crippen molar-refractivity contribution in [2.75, 3.05) is 5.32 Å². The molecular formula is C11H13ClN4O. The average Bonchev–Trinajstić information content (AvgIpc) is 2.72.